The lowest BCUT2D eigenvalue weighted by Gasteiger charge is -1.97. The fourth-order valence-electron chi connectivity index (χ4n) is 1.29. The summed E-state index contributed by atoms with van der Waals surface area (Å²) < 4.78 is 1.44. The largest absolute Gasteiger partial charge is 0.287 e. The second-order valence-electron chi connectivity index (χ2n) is 2.96. The number of hydrogen-bond donors (Lipinski definition) is 0. The van der Waals surface area contributed by atoms with E-state index in [9.17, 15) is 4.79 Å². The normalized spacial score (nSPS) is 10.3. The van der Waals surface area contributed by atoms with Crippen LogP contribution >= 0.6 is 11.3 Å². The Hall–Kier alpha value is -1.60. The lowest BCUT2D eigenvalue weighted by Crippen LogP contribution is -2.19. The first-order chi connectivity index (χ1) is 6.72. The molecule has 2 aromatic heterocycles. The zero-order valence-electron chi connectivity index (χ0n) is 7.65. The Morgan fingerprint density at radius 3 is 3.21 bits per heavy atom. The van der Waals surface area contributed by atoms with Gasteiger partial charge in [-0.3, -0.25) is 9.36 Å². The topological polar surface area (TPSA) is 34.9 Å². The van der Waals surface area contributed by atoms with Crippen LogP contribution in [0.3, 0.4) is 0 Å². The first-order valence-corrected chi connectivity index (χ1v) is 4.93. The summed E-state index contributed by atoms with van der Waals surface area (Å²) in [4.78, 5) is 17.8. The van der Waals surface area contributed by atoms with E-state index in [1.54, 1.807) is 0 Å². The standard InChI is InChI=1S/C10H8N2OS/c1-3-4-12-6-11-9-8(10(12)13)5-7(2)14-9/h1,5-6H,4H2,2H3. The van der Waals surface area contributed by atoms with Crippen molar-refractivity contribution in [1.82, 2.24) is 9.55 Å². The molecule has 0 saturated heterocycles. The molecular weight excluding hydrogens is 196 g/mol. The van der Waals surface area contributed by atoms with E-state index in [-0.39, 0.29) is 12.1 Å². The van der Waals surface area contributed by atoms with E-state index in [2.05, 4.69) is 10.9 Å². The average Bonchev–Trinajstić information content (AvgIpc) is 2.52. The van der Waals surface area contributed by atoms with Gasteiger partial charge in [-0.2, -0.15) is 0 Å². The molecule has 0 aliphatic rings. The van der Waals surface area contributed by atoms with Gasteiger partial charge < -0.3 is 0 Å². The Kier molecular flexibility index (Phi) is 2.10. The number of fused-ring (bicyclic) bond motifs is 1. The van der Waals surface area contributed by atoms with Crippen molar-refractivity contribution in [2.75, 3.05) is 0 Å². The Balaban J connectivity index is 2.76. The number of rotatable bonds is 1. The zero-order chi connectivity index (χ0) is 10.1. The summed E-state index contributed by atoms with van der Waals surface area (Å²) in [5.41, 5.74) is -0.0581. The van der Waals surface area contributed by atoms with E-state index in [1.807, 2.05) is 13.0 Å². The maximum Gasteiger partial charge on any atom is 0.262 e. The first-order valence-electron chi connectivity index (χ1n) is 4.11. The molecule has 3 nitrogen and oxygen atoms in total. The van der Waals surface area contributed by atoms with Crippen LogP contribution in [-0.2, 0) is 6.54 Å². The monoisotopic (exact) mass is 204 g/mol. The molecule has 14 heavy (non-hydrogen) atoms. The molecular formula is C10H8N2OS. The van der Waals surface area contributed by atoms with Crippen molar-refractivity contribution in [3.8, 4) is 12.3 Å². The minimum atomic E-state index is -0.0581. The minimum Gasteiger partial charge on any atom is -0.287 e. The van der Waals surface area contributed by atoms with Crippen LogP contribution in [0.5, 0.6) is 0 Å². The van der Waals surface area contributed by atoms with E-state index in [1.165, 1.54) is 22.2 Å². The molecule has 0 atom stereocenters. The Labute approximate surface area is 85.0 Å². The molecule has 0 aromatic carbocycles. The molecule has 0 aliphatic carbocycles. The quantitative estimate of drug-likeness (QED) is 0.658. The molecule has 4 heteroatoms. The Morgan fingerprint density at radius 2 is 2.50 bits per heavy atom. The van der Waals surface area contributed by atoms with E-state index in [0.717, 1.165) is 9.71 Å². The van der Waals surface area contributed by atoms with Crippen LogP contribution in [0.25, 0.3) is 10.2 Å². The fraction of sp³-hybridized carbons (Fsp3) is 0.200. The second-order valence-corrected chi connectivity index (χ2v) is 4.19. The van der Waals surface area contributed by atoms with Gasteiger partial charge in [-0.15, -0.1) is 17.8 Å². The average molecular weight is 204 g/mol. The smallest absolute Gasteiger partial charge is 0.262 e. The van der Waals surface area contributed by atoms with E-state index < -0.39 is 0 Å². The highest BCUT2D eigenvalue weighted by molar-refractivity contribution is 7.18. The summed E-state index contributed by atoms with van der Waals surface area (Å²) in [6.07, 6.45) is 6.64. The van der Waals surface area contributed by atoms with Gasteiger partial charge in [0.2, 0.25) is 0 Å². The summed E-state index contributed by atoms with van der Waals surface area (Å²) in [7, 11) is 0. The number of nitrogens with zero attached hydrogens (tertiary/aromatic N) is 2. The number of hydrogen-bond acceptors (Lipinski definition) is 3. The molecule has 0 aliphatic heterocycles. The molecule has 0 spiro atoms. The highest BCUT2D eigenvalue weighted by Gasteiger charge is 2.05. The maximum absolute atomic E-state index is 11.8. The van der Waals surface area contributed by atoms with Crippen molar-refractivity contribution in [3.05, 3.63) is 27.6 Å². The van der Waals surface area contributed by atoms with Crippen molar-refractivity contribution < 1.29 is 0 Å². The van der Waals surface area contributed by atoms with Crippen LogP contribution in [0.2, 0.25) is 0 Å². The van der Waals surface area contributed by atoms with Gasteiger partial charge in [-0.1, -0.05) is 5.92 Å². The number of thiophene rings is 1. The summed E-state index contributed by atoms with van der Waals surface area (Å²) in [5, 5.41) is 0.658. The molecule has 2 heterocycles. The summed E-state index contributed by atoms with van der Waals surface area (Å²) >= 11 is 1.52. The Morgan fingerprint density at radius 1 is 1.71 bits per heavy atom. The minimum absolute atomic E-state index is 0.0581. The lowest BCUT2D eigenvalue weighted by atomic mass is 10.4. The fourth-order valence-corrected chi connectivity index (χ4v) is 2.13. The van der Waals surface area contributed by atoms with Gasteiger partial charge in [0, 0.05) is 4.88 Å². The number of aryl methyl sites for hydroxylation is 1. The van der Waals surface area contributed by atoms with Gasteiger partial charge in [-0.25, -0.2) is 4.98 Å². The van der Waals surface area contributed by atoms with Crippen molar-refractivity contribution in [3.63, 3.8) is 0 Å². The number of aromatic nitrogens is 2. The zero-order valence-corrected chi connectivity index (χ0v) is 8.47. The molecule has 0 bridgehead atoms. The maximum atomic E-state index is 11.8. The summed E-state index contributed by atoms with van der Waals surface area (Å²) in [5.74, 6) is 2.42. The van der Waals surface area contributed by atoms with Gasteiger partial charge in [0.1, 0.15) is 4.83 Å². The predicted molar refractivity (Wildman–Crippen MR) is 57.5 cm³/mol. The summed E-state index contributed by atoms with van der Waals surface area (Å²) in [6, 6.07) is 1.85. The molecule has 0 saturated carbocycles. The van der Waals surface area contributed by atoms with Gasteiger partial charge >= 0.3 is 0 Å². The van der Waals surface area contributed by atoms with Gasteiger partial charge in [0.15, 0.2) is 0 Å². The molecule has 0 N–H and O–H groups in total. The summed E-state index contributed by atoms with van der Waals surface area (Å²) in [6.45, 7) is 2.23. The third-order valence-corrected chi connectivity index (χ3v) is 2.86. The third-order valence-electron chi connectivity index (χ3n) is 1.90. The molecule has 70 valence electrons. The molecule has 0 radical (unpaired) electrons. The van der Waals surface area contributed by atoms with Crippen molar-refractivity contribution in [1.29, 1.82) is 0 Å². The van der Waals surface area contributed by atoms with Crippen LogP contribution in [0.4, 0.5) is 0 Å². The molecule has 0 fully saturated rings. The first kappa shape index (κ1) is 8.97. The van der Waals surface area contributed by atoms with Gasteiger partial charge in [0.25, 0.3) is 5.56 Å². The van der Waals surface area contributed by atoms with E-state index >= 15 is 0 Å². The molecule has 2 rings (SSSR count). The van der Waals surface area contributed by atoms with Crippen LogP contribution in [0, 0.1) is 19.3 Å². The van der Waals surface area contributed by atoms with Gasteiger partial charge in [-0.05, 0) is 13.0 Å². The SMILES string of the molecule is C#CCn1cnc2sc(C)cc2c1=O. The predicted octanol–water partition coefficient (Wildman–Crippen LogP) is 1.40. The Bertz CT molecular complexity index is 574. The van der Waals surface area contributed by atoms with Crippen LogP contribution in [-0.4, -0.2) is 9.55 Å². The second kappa shape index (κ2) is 3.28. The van der Waals surface area contributed by atoms with E-state index in [4.69, 9.17) is 6.42 Å². The van der Waals surface area contributed by atoms with Crippen molar-refractivity contribution >= 4 is 21.6 Å². The lowest BCUT2D eigenvalue weighted by molar-refractivity contribution is 0.784. The van der Waals surface area contributed by atoms with Crippen LogP contribution in [0.1, 0.15) is 4.88 Å². The van der Waals surface area contributed by atoms with Crippen molar-refractivity contribution in [2.24, 2.45) is 0 Å². The highest BCUT2D eigenvalue weighted by atomic mass is 32.1. The van der Waals surface area contributed by atoms with Crippen LogP contribution < -0.4 is 5.56 Å². The highest BCUT2D eigenvalue weighted by Crippen LogP contribution is 2.19. The molecule has 0 unspecified atom stereocenters. The van der Waals surface area contributed by atoms with Crippen molar-refractivity contribution in [2.45, 2.75) is 13.5 Å². The van der Waals surface area contributed by atoms with Crippen LogP contribution in [0.15, 0.2) is 17.2 Å². The third kappa shape index (κ3) is 1.32. The molecule has 0 amide bonds. The van der Waals surface area contributed by atoms with E-state index in [0.29, 0.717) is 5.39 Å². The van der Waals surface area contributed by atoms with Gasteiger partial charge in [0.05, 0.1) is 18.3 Å². The molecule has 2 aromatic rings. The number of terminal acetylenes is 1.